The van der Waals surface area contributed by atoms with Crippen molar-refractivity contribution in [2.75, 3.05) is 19.6 Å². The standard InChI is InChI=1S/C13H16N4O3/c18-9-10-1-2-11(20-10)12-14-3-5-16(12)7-8-17-6-4-15-13(17)19/h1-3,5,18H,4,6-9H2,(H,15,19). The molecule has 1 fully saturated rings. The van der Waals surface area contributed by atoms with Crippen LogP contribution >= 0.6 is 0 Å². The summed E-state index contributed by atoms with van der Waals surface area (Å²) in [5.41, 5.74) is 0. The Morgan fingerprint density at radius 1 is 1.40 bits per heavy atom. The molecule has 0 saturated carbocycles. The molecular formula is C13H16N4O3. The van der Waals surface area contributed by atoms with Crippen LogP contribution in [0.15, 0.2) is 28.9 Å². The Morgan fingerprint density at radius 3 is 3.00 bits per heavy atom. The molecule has 2 aromatic rings. The molecule has 0 bridgehead atoms. The Labute approximate surface area is 115 Å². The van der Waals surface area contributed by atoms with Gasteiger partial charge in [-0.3, -0.25) is 0 Å². The molecule has 7 nitrogen and oxygen atoms in total. The quantitative estimate of drug-likeness (QED) is 0.840. The second kappa shape index (κ2) is 5.38. The van der Waals surface area contributed by atoms with E-state index >= 15 is 0 Å². The lowest BCUT2D eigenvalue weighted by Crippen LogP contribution is -2.31. The lowest BCUT2D eigenvalue weighted by molar-refractivity contribution is 0.215. The first kappa shape index (κ1) is 12.7. The highest BCUT2D eigenvalue weighted by Gasteiger charge is 2.19. The van der Waals surface area contributed by atoms with Gasteiger partial charge in [-0.2, -0.15) is 0 Å². The molecule has 3 heterocycles. The maximum atomic E-state index is 11.5. The van der Waals surface area contributed by atoms with Crippen LogP contribution in [0, 0.1) is 0 Å². The number of nitrogens with one attached hydrogen (secondary N) is 1. The summed E-state index contributed by atoms with van der Waals surface area (Å²) in [7, 11) is 0. The number of nitrogens with zero attached hydrogens (tertiary/aromatic N) is 3. The van der Waals surface area contributed by atoms with Gasteiger partial charge >= 0.3 is 6.03 Å². The summed E-state index contributed by atoms with van der Waals surface area (Å²) in [6.45, 7) is 2.58. The number of hydrogen-bond acceptors (Lipinski definition) is 4. The molecule has 0 atom stereocenters. The van der Waals surface area contributed by atoms with Crippen LogP contribution in [-0.2, 0) is 13.2 Å². The van der Waals surface area contributed by atoms with Crippen LogP contribution in [0.5, 0.6) is 0 Å². The molecule has 1 aliphatic heterocycles. The number of rotatable bonds is 5. The van der Waals surface area contributed by atoms with Crippen molar-refractivity contribution in [3.8, 4) is 11.6 Å². The zero-order valence-corrected chi connectivity index (χ0v) is 11.0. The van der Waals surface area contributed by atoms with E-state index in [0.717, 1.165) is 6.54 Å². The third kappa shape index (κ3) is 2.39. The van der Waals surface area contributed by atoms with Gasteiger partial charge in [0, 0.05) is 38.6 Å². The highest BCUT2D eigenvalue weighted by molar-refractivity contribution is 5.76. The van der Waals surface area contributed by atoms with E-state index < -0.39 is 0 Å². The van der Waals surface area contributed by atoms with Crippen molar-refractivity contribution in [2.45, 2.75) is 13.2 Å². The maximum Gasteiger partial charge on any atom is 0.317 e. The summed E-state index contributed by atoms with van der Waals surface area (Å²) >= 11 is 0. The van der Waals surface area contributed by atoms with Crippen LogP contribution in [0.1, 0.15) is 5.76 Å². The zero-order valence-electron chi connectivity index (χ0n) is 11.0. The Morgan fingerprint density at radius 2 is 2.30 bits per heavy atom. The minimum Gasteiger partial charge on any atom is -0.455 e. The molecule has 0 aromatic carbocycles. The molecule has 2 aromatic heterocycles. The fourth-order valence-electron chi connectivity index (χ4n) is 2.25. The number of carbonyl (C=O) groups is 1. The van der Waals surface area contributed by atoms with E-state index in [2.05, 4.69) is 10.3 Å². The average Bonchev–Trinajstić information content (AvgIpc) is 3.16. The van der Waals surface area contributed by atoms with Crippen molar-refractivity contribution >= 4 is 6.03 Å². The largest absolute Gasteiger partial charge is 0.455 e. The topological polar surface area (TPSA) is 83.5 Å². The molecule has 20 heavy (non-hydrogen) atoms. The Bertz CT molecular complexity index is 604. The number of aromatic nitrogens is 2. The number of aliphatic hydroxyl groups is 1. The van der Waals surface area contributed by atoms with E-state index in [9.17, 15) is 4.79 Å². The number of aliphatic hydroxyl groups excluding tert-OH is 1. The maximum absolute atomic E-state index is 11.5. The Balaban J connectivity index is 1.71. The normalized spacial score (nSPS) is 14.8. The Hall–Kier alpha value is -2.28. The van der Waals surface area contributed by atoms with Gasteiger partial charge in [0.2, 0.25) is 0 Å². The van der Waals surface area contributed by atoms with E-state index in [4.69, 9.17) is 9.52 Å². The molecule has 0 aliphatic carbocycles. The zero-order chi connectivity index (χ0) is 13.9. The van der Waals surface area contributed by atoms with E-state index in [1.807, 2.05) is 10.8 Å². The summed E-state index contributed by atoms with van der Waals surface area (Å²) in [4.78, 5) is 17.5. The average molecular weight is 276 g/mol. The lowest BCUT2D eigenvalue weighted by atomic mass is 10.4. The first-order chi connectivity index (χ1) is 9.78. The third-order valence-electron chi connectivity index (χ3n) is 3.31. The molecule has 1 saturated heterocycles. The SMILES string of the molecule is O=C1NCCN1CCn1ccnc1-c1ccc(CO)o1. The van der Waals surface area contributed by atoms with Crippen molar-refractivity contribution in [2.24, 2.45) is 0 Å². The second-order valence-electron chi connectivity index (χ2n) is 4.59. The van der Waals surface area contributed by atoms with Crippen LogP contribution in [0.3, 0.4) is 0 Å². The van der Waals surface area contributed by atoms with E-state index in [1.165, 1.54) is 0 Å². The molecular weight excluding hydrogens is 260 g/mol. The lowest BCUT2D eigenvalue weighted by Gasteiger charge is -2.15. The van der Waals surface area contributed by atoms with Crippen molar-refractivity contribution in [1.82, 2.24) is 19.8 Å². The van der Waals surface area contributed by atoms with Crippen molar-refractivity contribution in [3.63, 3.8) is 0 Å². The predicted octanol–water partition coefficient (Wildman–Crippen LogP) is 0.661. The molecule has 2 N–H and O–H groups in total. The van der Waals surface area contributed by atoms with Crippen LogP contribution in [-0.4, -0.2) is 45.2 Å². The number of carbonyl (C=O) groups excluding carboxylic acids is 1. The number of urea groups is 1. The molecule has 2 amide bonds. The minimum atomic E-state index is -0.130. The molecule has 0 unspecified atom stereocenters. The van der Waals surface area contributed by atoms with Gasteiger partial charge in [0.05, 0.1) is 0 Å². The van der Waals surface area contributed by atoms with Gasteiger partial charge in [-0.1, -0.05) is 0 Å². The molecule has 106 valence electrons. The van der Waals surface area contributed by atoms with Gasteiger partial charge < -0.3 is 24.3 Å². The first-order valence-electron chi connectivity index (χ1n) is 6.52. The van der Waals surface area contributed by atoms with Gasteiger partial charge in [0.1, 0.15) is 12.4 Å². The second-order valence-corrected chi connectivity index (χ2v) is 4.59. The van der Waals surface area contributed by atoms with Crippen molar-refractivity contribution < 1.29 is 14.3 Å². The van der Waals surface area contributed by atoms with Crippen LogP contribution in [0.25, 0.3) is 11.6 Å². The van der Waals surface area contributed by atoms with E-state index in [-0.39, 0.29) is 12.6 Å². The molecule has 0 spiro atoms. The number of imidazole rings is 1. The number of furan rings is 1. The van der Waals surface area contributed by atoms with E-state index in [1.54, 1.807) is 23.2 Å². The van der Waals surface area contributed by atoms with Gasteiger partial charge in [-0.25, -0.2) is 9.78 Å². The van der Waals surface area contributed by atoms with Crippen molar-refractivity contribution in [1.29, 1.82) is 0 Å². The molecule has 1 aliphatic rings. The monoisotopic (exact) mass is 276 g/mol. The smallest absolute Gasteiger partial charge is 0.317 e. The molecule has 3 rings (SSSR count). The van der Waals surface area contributed by atoms with Crippen LogP contribution < -0.4 is 5.32 Å². The minimum absolute atomic E-state index is 0.0211. The highest BCUT2D eigenvalue weighted by atomic mass is 16.4. The van der Waals surface area contributed by atoms with Gasteiger partial charge in [0.25, 0.3) is 0 Å². The Kier molecular flexibility index (Phi) is 3.42. The summed E-state index contributed by atoms with van der Waals surface area (Å²) < 4.78 is 7.42. The summed E-state index contributed by atoms with van der Waals surface area (Å²) in [5.74, 6) is 1.82. The summed E-state index contributed by atoms with van der Waals surface area (Å²) in [6.07, 6.45) is 3.55. The van der Waals surface area contributed by atoms with Crippen LogP contribution in [0.2, 0.25) is 0 Å². The van der Waals surface area contributed by atoms with E-state index in [0.29, 0.717) is 37.0 Å². The molecule has 0 radical (unpaired) electrons. The fourth-order valence-corrected chi connectivity index (χ4v) is 2.25. The predicted molar refractivity (Wildman–Crippen MR) is 70.8 cm³/mol. The van der Waals surface area contributed by atoms with Gasteiger partial charge in [-0.15, -0.1) is 0 Å². The summed E-state index contributed by atoms with van der Waals surface area (Å²) in [6, 6.07) is 3.49. The van der Waals surface area contributed by atoms with Crippen molar-refractivity contribution in [3.05, 3.63) is 30.3 Å². The van der Waals surface area contributed by atoms with Gasteiger partial charge in [0.15, 0.2) is 11.6 Å². The van der Waals surface area contributed by atoms with Crippen LogP contribution in [0.4, 0.5) is 4.79 Å². The molecule has 7 heteroatoms. The van der Waals surface area contributed by atoms with Gasteiger partial charge in [-0.05, 0) is 12.1 Å². The third-order valence-corrected chi connectivity index (χ3v) is 3.31. The first-order valence-corrected chi connectivity index (χ1v) is 6.52. The highest BCUT2D eigenvalue weighted by Crippen LogP contribution is 2.20. The summed E-state index contributed by atoms with van der Waals surface area (Å²) in [5, 5.41) is 11.8. The number of hydrogen-bond donors (Lipinski definition) is 2. The number of amides is 2. The fraction of sp³-hybridized carbons (Fsp3) is 0.385.